The Balaban J connectivity index is 1.51. The van der Waals surface area contributed by atoms with Crippen LogP contribution < -0.4 is 10.2 Å². The fourth-order valence-corrected chi connectivity index (χ4v) is 3.84. The van der Waals surface area contributed by atoms with E-state index in [1.165, 1.54) is 5.56 Å². The van der Waals surface area contributed by atoms with Gasteiger partial charge in [-0.1, -0.05) is 30.3 Å². The van der Waals surface area contributed by atoms with Crippen molar-refractivity contribution in [1.29, 1.82) is 0 Å². The quantitative estimate of drug-likeness (QED) is 0.686. The number of benzene rings is 2. The van der Waals surface area contributed by atoms with Crippen molar-refractivity contribution >= 4 is 17.1 Å². The zero-order valence-corrected chi connectivity index (χ0v) is 14.1. The molecule has 4 rings (SSSR count). The highest BCUT2D eigenvalue weighted by Crippen LogP contribution is 2.39. The molecule has 0 aromatic heterocycles. The van der Waals surface area contributed by atoms with Crippen molar-refractivity contribution in [3.8, 4) is 0 Å². The highest BCUT2D eigenvalue weighted by Gasteiger charge is 2.29. The van der Waals surface area contributed by atoms with Crippen LogP contribution in [0.5, 0.6) is 0 Å². The molecule has 2 aromatic carbocycles. The molecule has 1 fully saturated rings. The van der Waals surface area contributed by atoms with Crippen LogP contribution in [-0.2, 0) is 13.0 Å². The lowest BCUT2D eigenvalue weighted by Crippen LogP contribution is -2.46. The van der Waals surface area contributed by atoms with Crippen molar-refractivity contribution < 1.29 is 4.92 Å². The van der Waals surface area contributed by atoms with Crippen molar-refractivity contribution in [2.45, 2.75) is 13.0 Å². The van der Waals surface area contributed by atoms with Crippen LogP contribution in [0.15, 0.2) is 42.5 Å². The number of nitrogens with zero attached hydrogens (tertiary/aromatic N) is 3. The van der Waals surface area contributed by atoms with Gasteiger partial charge in [0.2, 0.25) is 0 Å². The van der Waals surface area contributed by atoms with Crippen molar-refractivity contribution in [3.05, 3.63) is 63.7 Å². The molecule has 1 N–H and O–H groups in total. The molecule has 0 unspecified atom stereocenters. The third-order valence-electron chi connectivity index (χ3n) is 5.09. The molecular formula is C19H22N4O2. The molecule has 2 aliphatic rings. The summed E-state index contributed by atoms with van der Waals surface area (Å²) in [5.74, 6) is 0. The number of hydrogen-bond donors (Lipinski definition) is 1. The van der Waals surface area contributed by atoms with E-state index in [1.54, 1.807) is 6.07 Å². The molecule has 0 amide bonds. The lowest BCUT2D eigenvalue weighted by atomic mass is 10.1. The fourth-order valence-electron chi connectivity index (χ4n) is 3.84. The monoisotopic (exact) mass is 338 g/mol. The molecule has 2 heterocycles. The van der Waals surface area contributed by atoms with Gasteiger partial charge in [-0.3, -0.25) is 15.0 Å². The van der Waals surface area contributed by atoms with Crippen molar-refractivity contribution in [2.75, 3.05) is 42.9 Å². The highest BCUT2D eigenvalue weighted by atomic mass is 16.6. The summed E-state index contributed by atoms with van der Waals surface area (Å²) in [5, 5.41) is 14.8. The van der Waals surface area contributed by atoms with E-state index in [-0.39, 0.29) is 10.6 Å². The molecule has 0 atom stereocenters. The molecule has 1 saturated heterocycles. The number of hydrogen-bond acceptors (Lipinski definition) is 5. The smallest absolute Gasteiger partial charge is 0.292 e. The summed E-state index contributed by atoms with van der Waals surface area (Å²) in [5.41, 5.74) is 4.52. The molecule has 6 heteroatoms. The molecule has 2 aromatic rings. The SMILES string of the molecule is O=[N+]([O-])c1ccc2c(c1N1CCN(Cc3ccccc3)CC1)CCN2. The summed E-state index contributed by atoms with van der Waals surface area (Å²) in [6.07, 6.45) is 0.858. The van der Waals surface area contributed by atoms with Crippen LogP contribution in [0.3, 0.4) is 0 Å². The van der Waals surface area contributed by atoms with Gasteiger partial charge in [0.25, 0.3) is 5.69 Å². The van der Waals surface area contributed by atoms with Gasteiger partial charge >= 0.3 is 0 Å². The first kappa shape index (κ1) is 15.9. The van der Waals surface area contributed by atoms with E-state index in [9.17, 15) is 10.1 Å². The predicted molar refractivity (Wildman–Crippen MR) is 99.2 cm³/mol. The third-order valence-corrected chi connectivity index (χ3v) is 5.09. The second-order valence-corrected chi connectivity index (χ2v) is 6.64. The van der Waals surface area contributed by atoms with Crippen LogP contribution in [0.2, 0.25) is 0 Å². The van der Waals surface area contributed by atoms with E-state index in [0.29, 0.717) is 0 Å². The van der Waals surface area contributed by atoms with E-state index < -0.39 is 0 Å². The van der Waals surface area contributed by atoms with Crippen LogP contribution in [0.4, 0.5) is 17.1 Å². The van der Waals surface area contributed by atoms with Crippen LogP contribution in [0, 0.1) is 10.1 Å². The van der Waals surface area contributed by atoms with Crippen LogP contribution in [0.1, 0.15) is 11.1 Å². The minimum absolute atomic E-state index is 0.235. The van der Waals surface area contributed by atoms with E-state index in [1.807, 2.05) is 12.1 Å². The average Bonchev–Trinajstić information content (AvgIpc) is 3.11. The Labute approximate surface area is 147 Å². The Morgan fingerprint density at radius 2 is 1.80 bits per heavy atom. The van der Waals surface area contributed by atoms with Gasteiger partial charge in [-0.2, -0.15) is 0 Å². The highest BCUT2D eigenvalue weighted by molar-refractivity contribution is 5.78. The number of nitro groups is 1. The average molecular weight is 338 g/mol. The normalized spacial score (nSPS) is 17.2. The van der Waals surface area contributed by atoms with Gasteiger partial charge in [0.15, 0.2) is 0 Å². The third kappa shape index (κ3) is 3.17. The van der Waals surface area contributed by atoms with Crippen molar-refractivity contribution in [3.63, 3.8) is 0 Å². The van der Waals surface area contributed by atoms with Gasteiger partial charge in [-0.05, 0) is 18.1 Å². The largest absolute Gasteiger partial charge is 0.384 e. The Kier molecular flexibility index (Phi) is 4.28. The molecule has 0 spiro atoms. The summed E-state index contributed by atoms with van der Waals surface area (Å²) in [4.78, 5) is 15.9. The lowest BCUT2D eigenvalue weighted by Gasteiger charge is -2.36. The first-order valence-corrected chi connectivity index (χ1v) is 8.78. The fraction of sp³-hybridized carbons (Fsp3) is 0.368. The number of nitrogens with one attached hydrogen (secondary N) is 1. The van der Waals surface area contributed by atoms with E-state index in [2.05, 4.69) is 39.4 Å². The standard InChI is InChI=1S/C19H22N4O2/c24-23(25)18-7-6-17-16(8-9-20-17)19(18)22-12-10-21(11-13-22)14-15-4-2-1-3-5-15/h1-7,20H,8-14H2. The van der Waals surface area contributed by atoms with Crippen molar-refractivity contribution in [1.82, 2.24) is 4.90 Å². The first-order valence-electron chi connectivity index (χ1n) is 8.78. The summed E-state index contributed by atoms with van der Waals surface area (Å²) in [6.45, 7) is 5.28. The maximum absolute atomic E-state index is 11.5. The number of piperazine rings is 1. The summed E-state index contributed by atoms with van der Waals surface area (Å²) < 4.78 is 0. The summed E-state index contributed by atoms with van der Waals surface area (Å²) >= 11 is 0. The zero-order chi connectivity index (χ0) is 17.2. The van der Waals surface area contributed by atoms with Gasteiger partial charge in [0, 0.05) is 56.6 Å². The maximum atomic E-state index is 11.5. The molecule has 25 heavy (non-hydrogen) atoms. The predicted octanol–water partition coefficient (Wildman–Crippen LogP) is 2.89. The maximum Gasteiger partial charge on any atom is 0.292 e. The molecule has 0 radical (unpaired) electrons. The first-order chi connectivity index (χ1) is 12.2. The molecule has 130 valence electrons. The zero-order valence-electron chi connectivity index (χ0n) is 14.1. The topological polar surface area (TPSA) is 61.7 Å². The Bertz CT molecular complexity index is 770. The summed E-state index contributed by atoms with van der Waals surface area (Å²) in [6, 6.07) is 13.9. The molecule has 2 aliphatic heterocycles. The van der Waals surface area contributed by atoms with Crippen LogP contribution >= 0.6 is 0 Å². The van der Waals surface area contributed by atoms with Crippen LogP contribution in [0.25, 0.3) is 0 Å². The lowest BCUT2D eigenvalue weighted by molar-refractivity contribution is -0.384. The minimum atomic E-state index is -0.246. The molecule has 0 saturated carbocycles. The second kappa shape index (κ2) is 6.72. The number of anilines is 2. The van der Waals surface area contributed by atoms with E-state index in [0.717, 1.165) is 62.6 Å². The molecule has 0 bridgehead atoms. The van der Waals surface area contributed by atoms with E-state index in [4.69, 9.17) is 0 Å². The van der Waals surface area contributed by atoms with E-state index >= 15 is 0 Å². The molecule has 0 aliphatic carbocycles. The van der Waals surface area contributed by atoms with Gasteiger partial charge in [0.05, 0.1) is 4.92 Å². The number of nitro benzene ring substituents is 1. The number of fused-ring (bicyclic) bond motifs is 1. The Morgan fingerprint density at radius 1 is 1.04 bits per heavy atom. The molecular weight excluding hydrogens is 316 g/mol. The molecule has 6 nitrogen and oxygen atoms in total. The number of rotatable bonds is 4. The van der Waals surface area contributed by atoms with Gasteiger partial charge in [-0.15, -0.1) is 0 Å². The summed E-state index contributed by atoms with van der Waals surface area (Å²) in [7, 11) is 0. The Morgan fingerprint density at radius 3 is 2.52 bits per heavy atom. The van der Waals surface area contributed by atoms with Gasteiger partial charge in [0.1, 0.15) is 5.69 Å². The Hall–Kier alpha value is -2.60. The van der Waals surface area contributed by atoms with Crippen molar-refractivity contribution in [2.24, 2.45) is 0 Å². The van der Waals surface area contributed by atoms with Gasteiger partial charge in [-0.25, -0.2) is 0 Å². The van der Waals surface area contributed by atoms with Gasteiger partial charge < -0.3 is 10.2 Å². The minimum Gasteiger partial charge on any atom is -0.384 e. The van der Waals surface area contributed by atoms with Crippen LogP contribution in [-0.4, -0.2) is 42.5 Å². The second-order valence-electron chi connectivity index (χ2n) is 6.64.